The third kappa shape index (κ3) is 1.33. The summed E-state index contributed by atoms with van der Waals surface area (Å²) in [4.78, 5) is 7.95. The molecule has 1 heterocycles. The van der Waals surface area contributed by atoms with Gasteiger partial charge < -0.3 is 5.11 Å². The van der Waals surface area contributed by atoms with Crippen LogP contribution in [0.1, 0.15) is 5.56 Å². The van der Waals surface area contributed by atoms with E-state index in [9.17, 15) is 5.11 Å². The summed E-state index contributed by atoms with van der Waals surface area (Å²) in [6.07, 6.45) is 3.07. The van der Waals surface area contributed by atoms with Crippen molar-refractivity contribution in [1.29, 1.82) is 0 Å². The molecule has 0 saturated carbocycles. The average molecular weight is 192 g/mol. The summed E-state index contributed by atoms with van der Waals surface area (Å²) in [5, 5.41) is 10.2. The van der Waals surface area contributed by atoms with Gasteiger partial charge in [0.1, 0.15) is 12.1 Å². The number of phenolic OH excluding ortho intramolecular Hbond substituents is 1. The van der Waals surface area contributed by atoms with Crippen molar-refractivity contribution in [1.82, 2.24) is 9.97 Å². The predicted molar refractivity (Wildman–Crippen MR) is 53.9 cm³/mol. The molecule has 3 nitrogen and oxygen atoms in total. The molecule has 66 valence electrons. The SMILES string of the molecule is Oc1ccc(CS)c2ncncc12. The van der Waals surface area contributed by atoms with Crippen LogP contribution in [-0.4, -0.2) is 15.1 Å². The minimum absolute atomic E-state index is 0.209. The summed E-state index contributed by atoms with van der Waals surface area (Å²) in [6.45, 7) is 0. The highest BCUT2D eigenvalue weighted by Crippen LogP contribution is 2.25. The number of aromatic hydroxyl groups is 1. The van der Waals surface area contributed by atoms with Crippen LogP contribution in [0.15, 0.2) is 24.7 Å². The Morgan fingerprint density at radius 2 is 2.23 bits per heavy atom. The normalized spacial score (nSPS) is 10.5. The van der Waals surface area contributed by atoms with Gasteiger partial charge in [0.2, 0.25) is 0 Å². The second kappa shape index (κ2) is 3.22. The van der Waals surface area contributed by atoms with Crippen LogP contribution in [0.4, 0.5) is 0 Å². The molecule has 1 aromatic carbocycles. The maximum atomic E-state index is 9.49. The minimum atomic E-state index is 0.209. The van der Waals surface area contributed by atoms with E-state index in [1.54, 1.807) is 12.3 Å². The van der Waals surface area contributed by atoms with Crippen molar-refractivity contribution >= 4 is 23.5 Å². The van der Waals surface area contributed by atoms with Gasteiger partial charge in [0.15, 0.2) is 0 Å². The number of phenols is 1. The van der Waals surface area contributed by atoms with E-state index in [2.05, 4.69) is 22.6 Å². The number of nitrogens with zero attached hydrogens (tertiary/aromatic N) is 2. The van der Waals surface area contributed by atoms with E-state index in [1.165, 1.54) is 6.33 Å². The van der Waals surface area contributed by atoms with Gasteiger partial charge in [-0.2, -0.15) is 12.6 Å². The molecule has 0 fully saturated rings. The summed E-state index contributed by atoms with van der Waals surface area (Å²) >= 11 is 4.18. The smallest absolute Gasteiger partial charge is 0.126 e. The summed E-state index contributed by atoms with van der Waals surface area (Å²) < 4.78 is 0. The van der Waals surface area contributed by atoms with Gasteiger partial charge in [-0.25, -0.2) is 9.97 Å². The molecule has 2 rings (SSSR count). The highest BCUT2D eigenvalue weighted by Gasteiger charge is 2.04. The van der Waals surface area contributed by atoms with Crippen LogP contribution in [0.5, 0.6) is 5.75 Å². The molecule has 2 aromatic rings. The molecule has 0 aliphatic carbocycles. The quantitative estimate of drug-likeness (QED) is 0.677. The third-order valence-corrected chi connectivity index (χ3v) is 2.25. The van der Waals surface area contributed by atoms with Gasteiger partial charge in [0.25, 0.3) is 0 Å². The van der Waals surface area contributed by atoms with E-state index in [0.29, 0.717) is 11.1 Å². The predicted octanol–water partition coefficient (Wildman–Crippen LogP) is 1.77. The van der Waals surface area contributed by atoms with Crippen LogP contribution in [0.2, 0.25) is 0 Å². The summed E-state index contributed by atoms with van der Waals surface area (Å²) in [6, 6.07) is 3.45. The molecule has 0 amide bonds. The largest absolute Gasteiger partial charge is 0.507 e. The number of hydrogen-bond donors (Lipinski definition) is 2. The fourth-order valence-electron chi connectivity index (χ4n) is 1.25. The van der Waals surface area contributed by atoms with Crippen molar-refractivity contribution in [3.05, 3.63) is 30.2 Å². The van der Waals surface area contributed by atoms with Gasteiger partial charge in [-0.3, -0.25) is 0 Å². The summed E-state index contributed by atoms with van der Waals surface area (Å²) in [7, 11) is 0. The van der Waals surface area contributed by atoms with Gasteiger partial charge in [-0.15, -0.1) is 0 Å². The number of benzene rings is 1. The van der Waals surface area contributed by atoms with Crippen LogP contribution < -0.4 is 0 Å². The lowest BCUT2D eigenvalue weighted by Crippen LogP contribution is -1.87. The first-order chi connectivity index (χ1) is 6.33. The Morgan fingerprint density at radius 3 is 3.00 bits per heavy atom. The van der Waals surface area contributed by atoms with E-state index < -0.39 is 0 Å². The van der Waals surface area contributed by atoms with Gasteiger partial charge in [-0.05, 0) is 11.6 Å². The Kier molecular flexibility index (Phi) is 2.06. The first-order valence-corrected chi connectivity index (χ1v) is 4.47. The first-order valence-electron chi connectivity index (χ1n) is 3.84. The van der Waals surface area contributed by atoms with Gasteiger partial charge in [-0.1, -0.05) is 6.07 Å². The van der Waals surface area contributed by atoms with Crippen LogP contribution in [0.3, 0.4) is 0 Å². The van der Waals surface area contributed by atoms with Crippen molar-refractivity contribution in [3.8, 4) is 5.75 Å². The second-order valence-electron chi connectivity index (χ2n) is 2.69. The van der Waals surface area contributed by atoms with E-state index >= 15 is 0 Å². The van der Waals surface area contributed by atoms with Crippen molar-refractivity contribution in [3.63, 3.8) is 0 Å². The van der Waals surface area contributed by atoms with Gasteiger partial charge in [0.05, 0.1) is 10.9 Å². The molecule has 0 unspecified atom stereocenters. The maximum absolute atomic E-state index is 9.49. The Morgan fingerprint density at radius 1 is 1.38 bits per heavy atom. The molecule has 0 aliphatic rings. The second-order valence-corrected chi connectivity index (χ2v) is 3.00. The lowest BCUT2D eigenvalue weighted by Gasteiger charge is -2.03. The zero-order valence-electron chi connectivity index (χ0n) is 6.81. The third-order valence-electron chi connectivity index (χ3n) is 1.91. The Hall–Kier alpha value is -1.29. The van der Waals surface area contributed by atoms with Gasteiger partial charge in [0, 0.05) is 11.9 Å². The molecule has 0 aliphatic heterocycles. The minimum Gasteiger partial charge on any atom is -0.507 e. The molecule has 13 heavy (non-hydrogen) atoms. The number of hydrogen-bond acceptors (Lipinski definition) is 4. The standard InChI is InChI=1S/C9H8N2OS/c12-8-2-1-6(4-13)9-7(8)3-10-5-11-9/h1-3,5,12-13H,4H2. The van der Waals surface area contributed by atoms with Crippen LogP contribution >= 0.6 is 12.6 Å². The highest BCUT2D eigenvalue weighted by atomic mass is 32.1. The topological polar surface area (TPSA) is 46.0 Å². The molecule has 0 radical (unpaired) electrons. The summed E-state index contributed by atoms with van der Waals surface area (Å²) in [5.74, 6) is 0.814. The van der Waals surface area contributed by atoms with Crippen molar-refractivity contribution in [2.75, 3.05) is 0 Å². The van der Waals surface area contributed by atoms with Crippen LogP contribution in [0, 0.1) is 0 Å². The zero-order chi connectivity index (χ0) is 9.26. The van der Waals surface area contributed by atoms with E-state index in [1.807, 2.05) is 6.07 Å². The van der Waals surface area contributed by atoms with E-state index in [0.717, 1.165) is 11.1 Å². The molecular weight excluding hydrogens is 184 g/mol. The van der Waals surface area contributed by atoms with Gasteiger partial charge >= 0.3 is 0 Å². The molecule has 0 bridgehead atoms. The lowest BCUT2D eigenvalue weighted by molar-refractivity contribution is 0.481. The molecular formula is C9H8N2OS. The maximum Gasteiger partial charge on any atom is 0.126 e. The molecule has 0 saturated heterocycles. The fourth-order valence-corrected chi connectivity index (χ4v) is 1.50. The fraction of sp³-hybridized carbons (Fsp3) is 0.111. The van der Waals surface area contributed by atoms with E-state index in [4.69, 9.17) is 0 Å². The lowest BCUT2D eigenvalue weighted by atomic mass is 10.1. The van der Waals surface area contributed by atoms with Crippen molar-refractivity contribution in [2.24, 2.45) is 0 Å². The number of rotatable bonds is 1. The van der Waals surface area contributed by atoms with Crippen LogP contribution in [0.25, 0.3) is 10.9 Å². The van der Waals surface area contributed by atoms with E-state index in [-0.39, 0.29) is 5.75 Å². The molecule has 0 spiro atoms. The number of fused-ring (bicyclic) bond motifs is 1. The molecule has 1 aromatic heterocycles. The monoisotopic (exact) mass is 192 g/mol. The number of thiol groups is 1. The van der Waals surface area contributed by atoms with Crippen molar-refractivity contribution < 1.29 is 5.11 Å². The zero-order valence-corrected chi connectivity index (χ0v) is 7.70. The van der Waals surface area contributed by atoms with Crippen LogP contribution in [-0.2, 0) is 5.75 Å². The summed E-state index contributed by atoms with van der Waals surface area (Å²) in [5.41, 5.74) is 1.77. The number of aromatic nitrogens is 2. The van der Waals surface area contributed by atoms with Crippen molar-refractivity contribution in [2.45, 2.75) is 5.75 Å². The Labute approximate surface area is 80.9 Å². The average Bonchev–Trinajstić information content (AvgIpc) is 2.19. The first kappa shape index (κ1) is 8.31. The molecule has 0 atom stereocenters. The Balaban J connectivity index is 2.84. The highest BCUT2D eigenvalue weighted by molar-refractivity contribution is 7.79. The molecule has 4 heteroatoms. The Bertz CT molecular complexity index is 445. The molecule has 1 N–H and O–H groups in total.